The topological polar surface area (TPSA) is 90.4 Å². The van der Waals surface area contributed by atoms with Crippen LogP contribution >= 0.6 is 15.9 Å². The van der Waals surface area contributed by atoms with E-state index in [-0.39, 0.29) is 10.7 Å². The SMILES string of the molecule is COc1cc2ncnc(NS(=O)(=O)c3ccccc3Br)c2cc1OC. The van der Waals surface area contributed by atoms with E-state index < -0.39 is 10.0 Å². The third kappa shape index (κ3) is 3.38. The van der Waals surface area contributed by atoms with E-state index >= 15 is 0 Å². The van der Waals surface area contributed by atoms with Gasteiger partial charge in [-0.1, -0.05) is 12.1 Å². The Labute approximate surface area is 153 Å². The fourth-order valence-electron chi connectivity index (χ4n) is 2.31. The highest BCUT2D eigenvalue weighted by atomic mass is 79.9. The van der Waals surface area contributed by atoms with Crippen molar-refractivity contribution >= 4 is 42.7 Å². The second-order valence-electron chi connectivity index (χ2n) is 4.98. The first kappa shape index (κ1) is 17.4. The molecule has 0 atom stereocenters. The molecular formula is C16H14BrN3O4S. The minimum absolute atomic E-state index is 0.113. The molecule has 1 N–H and O–H groups in total. The van der Waals surface area contributed by atoms with Crippen LogP contribution in [0, 0.1) is 0 Å². The summed E-state index contributed by atoms with van der Waals surface area (Å²) in [7, 11) is -0.816. The minimum Gasteiger partial charge on any atom is -0.493 e. The molecule has 0 saturated heterocycles. The molecule has 0 bridgehead atoms. The number of anilines is 1. The van der Waals surface area contributed by atoms with Crippen LogP contribution in [0.2, 0.25) is 0 Å². The van der Waals surface area contributed by atoms with E-state index in [1.165, 1.54) is 26.6 Å². The van der Waals surface area contributed by atoms with Crippen LogP contribution in [0.15, 0.2) is 52.1 Å². The zero-order valence-corrected chi connectivity index (χ0v) is 15.8. The van der Waals surface area contributed by atoms with Crippen LogP contribution in [0.3, 0.4) is 0 Å². The molecule has 0 saturated carbocycles. The van der Waals surface area contributed by atoms with Gasteiger partial charge in [0.1, 0.15) is 11.2 Å². The molecule has 1 aromatic heterocycles. The lowest BCUT2D eigenvalue weighted by Gasteiger charge is -2.13. The molecule has 7 nitrogen and oxygen atoms in total. The maximum atomic E-state index is 12.7. The van der Waals surface area contributed by atoms with E-state index in [9.17, 15) is 8.42 Å². The Morgan fingerprint density at radius 1 is 1.04 bits per heavy atom. The van der Waals surface area contributed by atoms with Gasteiger partial charge >= 0.3 is 0 Å². The van der Waals surface area contributed by atoms with E-state index in [2.05, 4.69) is 30.6 Å². The van der Waals surface area contributed by atoms with Crippen molar-refractivity contribution in [1.82, 2.24) is 9.97 Å². The molecule has 9 heteroatoms. The molecule has 3 rings (SSSR count). The lowest BCUT2D eigenvalue weighted by molar-refractivity contribution is 0.356. The van der Waals surface area contributed by atoms with Gasteiger partial charge in [0.05, 0.1) is 19.7 Å². The Morgan fingerprint density at radius 3 is 2.40 bits per heavy atom. The van der Waals surface area contributed by atoms with E-state index in [1.807, 2.05) is 0 Å². The van der Waals surface area contributed by atoms with Gasteiger partial charge in [0.25, 0.3) is 10.0 Å². The van der Waals surface area contributed by atoms with Crippen LogP contribution in [0.5, 0.6) is 11.5 Å². The van der Waals surface area contributed by atoms with E-state index in [0.29, 0.717) is 26.9 Å². The maximum Gasteiger partial charge on any atom is 0.264 e. The number of hydrogen-bond acceptors (Lipinski definition) is 6. The summed E-state index contributed by atoms with van der Waals surface area (Å²) < 4.78 is 38.8. The van der Waals surface area contributed by atoms with Crippen molar-refractivity contribution in [1.29, 1.82) is 0 Å². The monoisotopic (exact) mass is 423 g/mol. The quantitative estimate of drug-likeness (QED) is 0.677. The largest absolute Gasteiger partial charge is 0.493 e. The van der Waals surface area contributed by atoms with Gasteiger partial charge in [0, 0.05) is 15.9 Å². The fourth-order valence-corrected chi connectivity index (χ4v) is 4.34. The van der Waals surface area contributed by atoms with E-state index in [1.54, 1.807) is 30.3 Å². The molecule has 0 fully saturated rings. The molecular weight excluding hydrogens is 410 g/mol. The zero-order valence-electron chi connectivity index (χ0n) is 13.4. The van der Waals surface area contributed by atoms with Crippen molar-refractivity contribution in [3.63, 3.8) is 0 Å². The molecule has 0 aliphatic rings. The zero-order chi connectivity index (χ0) is 18.0. The molecule has 0 spiro atoms. The number of halogens is 1. The number of nitrogens with one attached hydrogen (secondary N) is 1. The summed E-state index contributed by atoms with van der Waals surface area (Å²) in [6.45, 7) is 0. The molecule has 1 heterocycles. The lowest BCUT2D eigenvalue weighted by Crippen LogP contribution is -2.15. The predicted octanol–water partition coefficient (Wildman–Crippen LogP) is 3.21. The number of fused-ring (bicyclic) bond motifs is 1. The molecule has 0 radical (unpaired) electrons. The minimum atomic E-state index is -3.83. The number of hydrogen-bond donors (Lipinski definition) is 1. The van der Waals surface area contributed by atoms with Crippen LogP contribution in [-0.2, 0) is 10.0 Å². The third-order valence-electron chi connectivity index (χ3n) is 3.50. The molecule has 130 valence electrons. The average Bonchev–Trinajstić information content (AvgIpc) is 2.60. The number of methoxy groups -OCH3 is 2. The maximum absolute atomic E-state index is 12.7. The number of benzene rings is 2. The predicted molar refractivity (Wildman–Crippen MR) is 97.6 cm³/mol. The Bertz CT molecular complexity index is 1040. The summed E-state index contributed by atoms with van der Waals surface area (Å²) in [6.07, 6.45) is 1.28. The van der Waals surface area contributed by atoms with Crippen LogP contribution < -0.4 is 14.2 Å². The van der Waals surface area contributed by atoms with Gasteiger partial charge < -0.3 is 9.47 Å². The van der Waals surface area contributed by atoms with Gasteiger partial charge in [-0.2, -0.15) is 0 Å². The van der Waals surface area contributed by atoms with Gasteiger partial charge in [-0.3, -0.25) is 4.72 Å². The molecule has 0 amide bonds. The van der Waals surface area contributed by atoms with Crippen molar-refractivity contribution in [3.8, 4) is 11.5 Å². The smallest absolute Gasteiger partial charge is 0.264 e. The summed E-state index contributed by atoms with van der Waals surface area (Å²) >= 11 is 3.25. The second kappa shape index (κ2) is 6.85. The summed E-state index contributed by atoms with van der Waals surface area (Å²) in [5.41, 5.74) is 0.525. The van der Waals surface area contributed by atoms with Crippen molar-refractivity contribution < 1.29 is 17.9 Å². The Morgan fingerprint density at radius 2 is 1.72 bits per heavy atom. The van der Waals surface area contributed by atoms with Gasteiger partial charge in [-0.25, -0.2) is 18.4 Å². The highest BCUT2D eigenvalue weighted by Crippen LogP contribution is 2.34. The number of sulfonamides is 1. The van der Waals surface area contributed by atoms with Crippen molar-refractivity contribution in [2.24, 2.45) is 0 Å². The second-order valence-corrected chi connectivity index (χ2v) is 7.49. The molecule has 2 aromatic carbocycles. The normalized spacial score (nSPS) is 11.3. The first-order valence-corrected chi connectivity index (χ1v) is 9.38. The van der Waals surface area contributed by atoms with Crippen molar-refractivity contribution in [2.45, 2.75) is 4.90 Å². The Hall–Kier alpha value is -2.39. The highest BCUT2D eigenvalue weighted by Gasteiger charge is 2.20. The van der Waals surface area contributed by atoms with Gasteiger partial charge in [0.15, 0.2) is 17.3 Å². The Kier molecular flexibility index (Phi) is 4.78. The average molecular weight is 424 g/mol. The van der Waals surface area contributed by atoms with E-state index in [0.717, 1.165) is 0 Å². The van der Waals surface area contributed by atoms with E-state index in [4.69, 9.17) is 9.47 Å². The summed E-state index contributed by atoms with van der Waals surface area (Å²) in [4.78, 5) is 8.33. The van der Waals surface area contributed by atoms with Gasteiger partial charge in [-0.05, 0) is 34.1 Å². The van der Waals surface area contributed by atoms with Crippen LogP contribution in [-0.4, -0.2) is 32.6 Å². The summed E-state index contributed by atoms with van der Waals surface area (Å²) in [5.74, 6) is 1.10. The Balaban J connectivity index is 2.12. The fraction of sp³-hybridized carbons (Fsp3) is 0.125. The van der Waals surface area contributed by atoms with Crippen molar-refractivity contribution in [2.75, 3.05) is 18.9 Å². The van der Waals surface area contributed by atoms with Crippen LogP contribution in [0.25, 0.3) is 10.9 Å². The standard InChI is InChI=1S/C16H14BrN3O4S/c1-23-13-7-10-12(8-14(13)24-2)18-9-19-16(10)20-25(21,22)15-6-4-3-5-11(15)17/h3-9H,1-2H3,(H,18,19,20). The first-order valence-electron chi connectivity index (χ1n) is 7.10. The molecule has 3 aromatic rings. The molecule has 0 aliphatic carbocycles. The third-order valence-corrected chi connectivity index (χ3v) is 5.85. The lowest BCUT2D eigenvalue weighted by atomic mass is 10.2. The van der Waals surface area contributed by atoms with Crippen molar-refractivity contribution in [3.05, 3.63) is 47.2 Å². The van der Waals surface area contributed by atoms with Crippen LogP contribution in [0.4, 0.5) is 5.82 Å². The molecule has 0 aliphatic heterocycles. The number of aromatic nitrogens is 2. The summed E-state index contributed by atoms with van der Waals surface area (Å²) in [5, 5.41) is 0.496. The number of rotatable bonds is 5. The highest BCUT2D eigenvalue weighted by molar-refractivity contribution is 9.10. The molecule has 25 heavy (non-hydrogen) atoms. The number of nitrogens with zero attached hydrogens (tertiary/aromatic N) is 2. The molecule has 0 unspecified atom stereocenters. The van der Waals surface area contributed by atoms with Gasteiger partial charge in [0.2, 0.25) is 0 Å². The summed E-state index contributed by atoms with van der Waals surface area (Å²) in [6, 6.07) is 9.82. The van der Waals surface area contributed by atoms with Crippen LogP contribution in [0.1, 0.15) is 0 Å². The van der Waals surface area contributed by atoms with Gasteiger partial charge in [-0.15, -0.1) is 0 Å². The number of ether oxygens (including phenoxy) is 2. The first-order chi connectivity index (χ1) is 12.0.